The third kappa shape index (κ3) is 5.07. The van der Waals surface area contributed by atoms with Gasteiger partial charge in [0.1, 0.15) is 17.2 Å². The van der Waals surface area contributed by atoms with E-state index in [1.54, 1.807) is 0 Å². The highest BCUT2D eigenvalue weighted by Gasteiger charge is 2.13. The second-order valence-electron chi connectivity index (χ2n) is 6.61. The number of nitrogens with one attached hydrogen (secondary N) is 1. The minimum absolute atomic E-state index is 0.263. The normalized spacial score (nSPS) is 11.9. The highest BCUT2D eigenvalue weighted by molar-refractivity contribution is 7.81. The molecule has 0 radical (unpaired) electrons. The third-order valence-corrected chi connectivity index (χ3v) is 5.48. The lowest BCUT2D eigenvalue weighted by atomic mass is 10.0. The van der Waals surface area contributed by atoms with E-state index in [0.29, 0.717) is 23.1 Å². The van der Waals surface area contributed by atoms with E-state index < -0.39 is 0 Å². The second-order valence-corrected chi connectivity index (χ2v) is 8.05. The number of aryl methyl sites for hydroxylation is 1. The molecule has 0 aliphatic carbocycles. The number of aromatic nitrogens is 2. The van der Waals surface area contributed by atoms with Crippen LogP contribution >= 0.6 is 35.4 Å². The maximum atomic E-state index is 6.32. The molecule has 0 aliphatic rings. The molecule has 0 aliphatic heterocycles. The molecule has 1 atom stereocenters. The Morgan fingerprint density at radius 2 is 1.64 bits per heavy atom. The lowest BCUT2D eigenvalue weighted by Crippen LogP contribution is -2.09. The van der Waals surface area contributed by atoms with E-state index in [4.69, 9.17) is 35.4 Å². The SMILES string of the molecule is Cc1ccc(C(=S)c2ccc(CCNc3ncnc(C(C)Cl)c3Cl)cc2)cc1. The molecule has 3 rings (SSSR count). The molecule has 144 valence electrons. The van der Waals surface area contributed by atoms with Gasteiger partial charge in [0.05, 0.1) is 15.9 Å². The van der Waals surface area contributed by atoms with Gasteiger partial charge in [-0.2, -0.15) is 0 Å². The Morgan fingerprint density at radius 1 is 1.04 bits per heavy atom. The first kappa shape index (κ1) is 20.7. The monoisotopic (exact) mass is 429 g/mol. The van der Waals surface area contributed by atoms with Crippen LogP contribution in [0.3, 0.4) is 0 Å². The molecular weight excluding hydrogens is 409 g/mol. The molecule has 0 saturated carbocycles. The Balaban J connectivity index is 1.60. The number of hydrogen-bond acceptors (Lipinski definition) is 4. The Bertz CT molecular complexity index is 955. The van der Waals surface area contributed by atoms with Crippen molar-refractivity contribution in [2.75, 3.05) is 11.9 Å². The van der Waals surface area contributed by atoms with E-state index in [-0.39, 0.29) is 5.38 Å². The van der Waals surface area contributed by atoms with Crippen molar-refractivity contribution >= 4 is 46.1 Å². The van der Waals surface area contributed by atoms with Crippen molar-refractivity contribution in [3.63, 3.8) is 0 Å². The van der Waals surface area contributed by atoms with Gasteiger partial charge in [0.25, 0.3) is 0 Å². The molecule has 6 heteroatoms. The lowest BCUT2D eigenvalue weighted by Gasteiger charge is -2.11. The number of thiocarbonyl (C=S) groups is 1. The average Bonchev–Trinajstić information content (AvgIpc) is 2.69. The van der Waals surface area contributed by atoms with Crippen LogP contribution in [0, 0.1) is 6.92 Å². The molecule has 0 spiro atoms. The van der Waals surface area contributed by atoms with Crippen LogP contribution < -0.4 is 5.32 Å². The molecule has 1 heterocycles. The molecule has 0 amide bonds. The first-order valence-electron chi connectivity index (χ1n) is 9.04. The summed E-state index contributed by atoms with van der Waals surface area (Å²) in [7, 11) is 0. The van der Waals surface area contributed by atoms with Crippen molar-refractivity contribution < 1.29 is 0 Å². The van der Waals surface area contributed by atoms with Crippen molar-refractivity contribution in [1.82, 2.24) is 9.97 Å². The van der Waals surface area contributed by atoms with Crippen molar-refractivity contribution in [2.24, 2.45) is 0 Å². The summed E-state index contributed by atoms with van der Waals surface area (Å²) in [4.78, 5) is 9.19. The minimum atomic E-state index is -0.263. The van der Waals surface area contributed by atoms with Gasteiger partial charge >= 0.3 is 0 Å². The third-order valence-electron chi connectivity index (χ3n) is 4.43. The summed E-state index contributed by atoms with van der Waals surface area (Å²) in [6.07, 6.45) is 2.31. The maximum Gasteiger partial charge on any atom is 0.148 e. The van der Waals surface area contributed by atoms with E-state index in [2.05, 4.69) is 70.7 Å². The lowest BCUT2D eigenvalue weighted by molar-refractivity contribution is 0.950. The molecule has 3 aromatic rings. The van der Waals surface area contributed by atoms with Gasteiger partial charge < -0.3 is 5.32 Å². The number of hydrogen-bond donors (Lipinski definition) is 1. The first-order chi connectivity index (χ1) is 13.5. The Morgan fingerprint density at radius 3 is 2.25 bits per heavy atom. The summed E-state index contributed by atoms with van der Waals surface area (Å²) in [6, 6.07) is 16.6. The fraction of sp³-hybridized carbons (Fsp3) is 0.227. The first-order valence-corrected chi connectivity index (χ1v) is 10.3. The van der Waals surface area contributed by atoms with Crippen LogP contribution in [0.2, 0.25) is 5.02 Å². The summed E-state index contributed by atoms with van der Waals surface area (Å²) in [6.45, 7) is 4.61. The molecule has 0 saturated heterocycles. The topological polar surface area (TPSA) is 37.8 Å². The zero-order valence-corrected chi connectivity index (χ0v) is 18.1. The molecule has 3 nitrogen and oxygen atoms in total. The van der Waals surface area contributed by atoms with Crippen LogP contribution in [0.15, 0.2) is 54.9 Å². The number of rotatable bonds is 7. The molecular formula is C22H21Cl2N3S. The minimum Gasteiger partial charge on any atom is -0.368 e. The summed E-state index contributed by atoms with van der Waals surface area (Å²) in [5.41, 5.74) is 5.19. The molecule has 0 fully saturated rings. The highest BCUT2D eigenvalue weighted by Crippen LogP contribution is 2.29. The number of nitrogens with zero attached hydrogens (tertiary/aromatic N) is 2. The summed E-state index contributed by atoms with van der Waals surface area (Å²) < 4.78 is 0. The quantitative estimate of drug-likeness (QED) is 0.277. The van der Waals surface area contributed by atoms with Gasteiger partial charge in [-0.15, -0.1) is 11.6 Å². The van der Waals surface area contributed by atoms with Gasteiger partial charge in [-0.3, -0.25) is 0 Å². The summed E-state index contributed by atoms with van der Waals surface area (Å²) in [5.74, 6) is 0.608. The predicted molar refractivity (Wildman–Crippen MR) is 122 cm³/mol. The number of anilines is 1. The van der Waals surface area contributed by atoms with Gasteiger partial charge in [-0.1, -0.05) is 77.9 Å². The Kier molecular flexibility index (Phi) is 7.00. The van der Waals surface area contributed by atoms with Gasteiger partial charge in [-0.05, 0) is 37.0 Å². The van der Waals surface area contributed by atoms with Crippen LogP contribution in [0.4, 0.5) is 5.82 Å². The van der Waals surface area contributed by atoms with E-state index in [0.717, 1.165) is 22.4 Å². The fourth-order valence-electron chi connectivity index (χ4n) is 2.80. The smallest absolute Gasteiger partial charge is 0.148 e. The molecule has 0 bridgehead atoms. The summed E-state index contributed by atoms with van der Waals surface area (Å²) in [5, 5.41) is 3.47. The van der Waals surface area contributed by atoms with Gasteiger partial charge in [-0.25, -0.2) is 9.97 Å². The van der Waals surface area contributed by atoms with Crippen molar-refractivity contribution in [1.29, 1.82) is 0 Å². The zero-order chi connectivity index (χ0) is 20.1. The number of benzene rings is 2. The Labute approximate surface area is 181 Å². The highest BCUT2D eigenvalue weighted by atomic mass is 35.5. The standard InChI is InChI=1S/C22H21Cl2N3S/c1-14-3-7-17(8-4-14)21(28)18-9-5-16(6-10-18)11-12-25-22-19(24)20(15(2)23)26-13-27-22/h3-10,13,15H,11-12H2,1-2H3,(H,25,26,27). The molecule has 1 N–H and O–H groups in total. The number of halogens is 2. The number of alkyl halides is 1. The fourth-order valence-corrected chi connectivity index (χ4v) is 3.63. The van der Waals surface area contributed by atoms with Crippen molar-refractivity contribution in [3.05, 3.63) is 87.8 Å². The molecule has 1 aromatic heterocycles. The van der Waals surface area contributed by atoms with Crippen LogP contribution in [0.5, 0.6) is 0 Å². The largest absolute Gasteiger partial charge is 0.368 e. The van der Waals surface area contributed by atoms with E-state index >= 15 is 0 Å². The second kappa shape index (κ2) is 9.46. The predicted octanol–water partition coefficient (Wildman–Crippen LogP) is 6.16. The van der Waals surface area contributed by atoms with Crippen LogP contribution in [0.25, 0.3) is 0 Å². The summed E-state index contributed by atoms with van der Waals surface area (Å²) >= 11 is 18.0. The zero-order valence-electron chi connectivity index (χ0n) is 15.7. The van der Waals surface area contributed by atoms with Crippen molar-refractivity contribution in [2.45, 2.75) is 25.6 Å². The van der Waals surface area contributed by atoms with Crippen molar-refractivity contribution in [3.8, 4) is 0 Å². The van der Waals surface area contributed by atoms with Crippen LogP contribution in [0.1, 0.15) is 40.2 Å². The maximum absolute atomic E-state index is 6.32. The Hall–Kier alpha value is -2.01. The van der Waals surface area contributed by atoms with Crippen LogP contribution in [-0.2, 0) is 6.42 Å². The molecule has 2 aromatic carbocycles. The van der Waals surface area contributed by atoms with E-state index in [9.17, 15) is 0 Å². The van der Waals surface area contributed by atoms with E-state index in [1.165, 1.54) is 17.5 Å². The van der Waals surface area contributed by atoms with Gasteiger partial charge in [0.15, 0.2) is 0 Å². The average molecular weight is 430 g/mol. The van der Waals surface area contributed by atoms with Gasteiger partial charge in [0.2, 0.25) is 0 Å². The van der Waals surface area contributed by atoms with E-state index in [1.807, 2.05) is 6.92 Å². The molecule has 1 unspecified atom stereocenters. The molecule has 28 heavy (non-hydrogen) atoms. The van der Waals surface area contributed by atoms with Crippen LogP contribution in [-0.4, -0.2) is 21.4 Å². The van der Waals surface area contributed by atoms with Gasteiger partial charge in [0, 0.05) is 6.54 Å².